The third-order valence-corrected chi connectivity index (χ3v) is 3.74. The predicted octanol–water partition coefficient (Wildman–Crippen LogP) is 2.31. The maximum Gasteiger partial charge on any atom is 0.224 e. The molecular formula is C12H15BrN2O. The van der Waals surface area contributed by atoms with Gasteiger partial charge in [-0.15, -0.1) is 0 Å². The average molecular weight is 283 g/mol. The van der Waals surface area contributed by atoms with Gasteiger partial charge in [0.05, 0.1) is 0 Å². The van der Waals surface area contributed by atoms with Gasteiger partial charge in [0.25, 0.3) is 0 Å². The second-order valence-corrected chi connectivity index (χ2v) is 5.04. The molecule has 1 aliphatic heterocycles. The number of hydrogen-bond acceptors (Lipinski definition) is 2. The molecule has 2 N–H and O–H groups in total. The number of benzene rings is 1. The number of carbonyl (C=O) groups is 1. The summed E-state index contributed by atoms with van der Waals surface area (Å²) in [5.74, 6) is 0.611. The van der Waals surface area contributed by atoms with E-state index in [1.54, 1.807) is 0 Å². The molecule has 16 heavy (non-hydrogen) atoms. The van der Waals surface area contributed by atoms with E-state index in [9.17, 15) is 4.79 Å². The van der Waals surface area contributed by atoms with Crippen LogP contribution in [-0.2, 0) is 4.79 Å². The van der Waals surface area contributed by atoms with Gasteiger partial charge < -0.3 is 10.6 Å². The summed E-state index contributed by atoms with van der Waals surface area (Å²) >= 11 is 3.45. The van der Waals surface area contributed by atoms with Gasteiger partial charge >= 0.3 is 0 Å². The predicted molar refractivity (Wildman–Crippen MR) is 68.5 cm³/mol. The van der Waals surface area contributed by atoms with Crippen molar-refractivity contribution in [3.8, 4) is 0 Å². The zero-order chi connectivity index (χ0) is 11.5. The highest BCUT2D eigenvalue weighted by molar-refractivity contribution is 9.10. The highest BCUT2D eigenvalue weighted by Gasteiger charge is 2.20. The van der Waals surface area contributed by atoms with E-state index in [2.05, 4.69) is 26.6 Å². The summed E-state index contributed by atoms with van der Waals surface area (Å²) in [6.45, 7) is 3.92. The number of anilines is 1. The van der Waals surface area contributed by atoms with E-state index in [0.717, 1.165) is 28.8 Å². The smallest absolute Gasteiger partial charge is 0.224 e. The Hall–Kier alpha value is -0.870. The van der Waals surface area contributed by atoms with Gasteiger partial charge in [0.2, 0.25) is 5.91 Å². The monoisotopic (exact) mass is 282 g/mol. The van der Waals surface area contributed by atoms with Crippen LogP contribution in [0.5, 0.6) is 0 Å². The summed E-state index contributed by atoms with van der Waals surface area (Å²) in [4.78, 5) is 11.7. The summed E-state index contributed by atoms with van der Waals surface area (Å²) in [5.41, 5.74) is 1.97. The second kappa shape index (κ2) is 4.97. The van der Waals surface area contributed by atoms with Crippen molar-refractivity contribution in [3.05, 3.63) is 28.2 Å². The van der Waals surface area contributed by atoms with Crippen molar-refractivity contribution in [1.82, 2.24) is 5.32 Å². The van der Waals surface area contributed by atoms with Crippen molar-refractivity contribution in [3.63, 3.8) is 0 Å². The molecule has 0 unspecified atom stereocenters. The van der Waals surface area contributed by atoms with Crippen molar-refractivity contribution in [2.45, 2.75) is 13.3 Å². The van der Waals surface area contributed by atoms with Crippen LogP contribution < -0.4 is 10.6 Å². The minimum atomic E-state index is 0.104. The molecular weight excluding hydrogens is 268 g/mol. The lowest BCUT2D eigenvalue weighted by Crippen LogP contribution is -2.43. The number of rotatable bonds is 3. The van der Waals surface area contributed by atoms with Crippen LogP contribution in [0, 0.1) is 12.8 Å². The molecule has 1 aromatic carbocycles. The fourth-order valence-corrected chi connectivity index (χ4v) is 2.07. The van der Waals surface area contributed by atoms with Gasteiger partial charge in [-0.2, -0.15) is 0 Å². The molecule has 1 amide bonds. The highest BCUT2D eigenvalue weighted by atomic mass is 79.9. The van der Waals surface area contributed by atoms with Crippen LogP contribution in [0.15, 0.2) is 22.7 Å². The number of carbonyl (C=O) groups excluding carboxylic acids is 1. The number of nitrogens with one attached hydrogen (secondary N) is 2. The molecule has 0 spiro atoms. The number of amides is 1. The normalized spacial score (nSPS) is 15.6. The average Bonchev–Trinajstić information content (AvgIpc) is 2.19. The molecule has 1 heterocycles. The first kappa shape index (κ1) is 11.6. The molecule has 86 valence electrons. The van der Waals surface area contributed by atoms with Crippen LogP contribution in [0.3, 0.4) is 0 Å². The molecule has 0 aromatic heterocycles. The van der Waals surface area contributed by atoms with Gasteiger partial charge in [-0.1, -0.05) is 22.0 Å². The van der Waals surface area contributed by atoms with Gasteiger partial charge in [0, 0.05) is 16.6 Å². The van der Waals surface area contributed by atoms with Crippen LogP contribution in [0.1, 0.15) is 12.0 Å². The molecule has 0 saturated carbocycles. The lowest BCUT2D eigenvalue weighted by atomic mass is 9.99. The van der Waals surface area contributed by atoms with Gasteiger partial charge in [-0.05, 0) is 43.6 Å². The van der Waals surface area contributed by atoms with Crippen LogP contribution >= 0.6 is 15.9 Å². The molecule has 3 nitrogen and oxygen atoms in total. The second-order valence-electron chi connectivity index (χ2n) is 4.19. The van der Waals surface area contributed by atoms with Crippen LogP contribution in [0.4, 0.5) is 5.69 Å². The molecule has 0 aliphatic carbocycles. The van der Waals surface area contributed by atoms with Gasteiger partial charge in [-0.25, -0.2) is 0 Å². The van der Waals surface area contributed by atoms with Gasteiger partial charge in [-0.3, -0.25) is 4.79 Å². The van der Waals surface area contributed by atoms with Crippen LogP contribution in [0.2, 0.25) is 0 Å². The molecule has 1 aromatic rings. The fourth-order valence-electron chi connectivity index (χ4n) is 1.70. The van der Waals surface area contributed by atoms with Gasteiger partial charge in [0.15, 0.2) is 0 Å². The zero-order valence-corrected chi connectivity index (χ0v) is 10.8. The Labute approximate surface area is 104 Å². The zero-order valence-electron chi connectivity index (χ0n) is 9.22. The Morgan fingerprint density at radius 1 is 1.56 bits per heavy atom. The molecule has 0 bridgehead atoms. The summed E-state index contributed by atoms with van der Waals surface area (Å²) in [7, 11) is 0. The highest BCUT2D eigenvalue weighted by Crippen LogP contribution is 2.23. The Morgan fingerprint density at radius 3 is 2.94 bits per heavy atom. The molecule has 0 radical (unpaired) electrons. The van der Waals surface area contributed by atoms with E-state index in [1.165, 1.54) is 0 Å². The first-order chi connectivity index (χ1) is 7.66. The molecule has 1 saturated heterocycles. The maximum atomic E-state index is 11.7. The van der Waals surface area contributed by atoms with E-state index < -0.39 is 0 Å². The Kier molecular flexibility index (Phi) is 3.61. The maximum absolute atomic E-state index is 11.7. The van der Waals surface area contributed by atoms with Gasteiger partial charge in [0.1, 0.15) is 0 Å². The van der Waals surface area contributed by atoms with Crippen molar-refractivity contribution < 1.29 is 4.79 Å². The largest absolute Gasteiger partial charge is 0.326 e. The van der Waals surface area contributed by atoms with E-state index in [1.807, 2.05) is 25.1 Å². The first-order valence-corrected chi connectivity index (χ1v) is 6.22. The SMILES string of the molecule is Cc1c(Br)cccc1NC(=O)CC1CNC1. The van der Waals surface area contributed by atoms with Crippen molar-refractivity contribution in [1.29, 1.82) is 0 Å². The summed E-state index contributed by atoms with van der Waals surface area (Å²) in [5, 5.41) is 6.12. The third-order valence-electron chi connectivity index (χ3n) is 2.88. The summed E-state index contributed by atoms with van der Waals surface area (Å²) < 4.78 is 1.02. The minimum absolute atomic E-state index is 0.104. The first-order valence-electron chi connectivity index (χ1n) is 5.42. The molecule has 2 rings (SSSR count). The van der Waals surface area contributed by atoms with E-state index in [0.29, 0.717) is 12.3 Å². The van der Waals surface area contributed by atoms with Crippen molar-refractivity contribution in [2.75, 3.05) is 18.4 Å². The Bertz CT molecular complexity index is 402. The molecule has 1 fully saturated rings. The number of halogens is 1. The van der Waals surface area contributed by atoms with E-state index >= 15 is 0 Å². The Balaban J connectivity index is 1.97. The quantitative estimate of drug-likeness (QED) is 0.893. The topological polar surface area (TPSA) is 41.1 Å². The van der Waals surface area contributed by atoms with Crippen molar-refractivity contribution in [2.24, 2.45) is 5.92 Å². The molecule has 4 heteroatoms. The van der Waals surface area contributed by atoms with E-state index in [4.69, 9.17) is 0 Å². The summed E-state index contributed by atoms with van der Waals surface area (Å²) in [6, 6.07) is 5.83. The lowest BCUT2D eigenvalue weighted by Gasteiger charge is -2.26. The summed E-state index contributed by atoms with van der Waals surface area (Å²) in [6.07, 6.45) is 0.610. The fraction of sp³-hybridized carbons (Fsp3) is 0.417. The minimum Gasteiger partial charge on any atom is -0.326 e. The van der Waals surface area contributed by atoms with Crippen molar-refractivity contribution >= 4 is 27.5 Å². The number of hydrogen-bond donors (Lipinski definition) is 2. The standard InChI is InChI=1S/C12H15BrN2O/c1-8-10(13)3-2-4-11(8)15-12(16)5-9-6-14-7-9/h2-4,9,14H,5-7H2,1H3,(H,15,16). The van der Waals surface area contributed by atoms with Crippen LogP contribution in [0.25, 0.3) is 0 Å². The Morgan fingerprint density at radius 2 is 2.31 bits per heavy atom. The lowest BCUT2D eigenvalue weighted by molar-refractivity contribution is -0.117. The van der Waals surface area contributed by atoms with Crippen LogP contribution in [-0.4, -0.2) is 19.0 Å². The molecule has 1 aliphatic rings. The third kappa shape index (κ3) is 2.62. The van der Waals surface area contributed by atoms with E-state index in [-0.39, 0.29) is 5.91 Å². The molecule has 0 atom stereocenters.